The molecule has 0 bridgehead atoms. The van der Waals surface area contributed by atoms with Crippen LogP contribution in [0.25, 0.3) is 0 Å². The minimum absolute atomic E-state index is 0.130. The molecule has 0 atom stereocenters. The van der Waals surface area contributed by atoms with E-state index >= 15 is 0 Å². The van der Waals surface area contributed by atoms with Crippen LogP contribution in [0.4, 0.5) is 23.9 Å². The lowest BCUT2D eigenvalue weighted by Crippen LogP contribution is -2.19. The van der Waals surface area contributed by atoms with Gasteiger partial charge in [0.25, 0.3) is 5.91 Å². The topological polar surface area (TPSA) is 84.0 Å². The highest BCUT2D eigenvalue weighted by molar-refractivity contribution is 7.99. The molecule has 2 aromatic heterocycles. The van der Waals surface area contributed by atoms with Gasteiger partial charge in [-0.2, -0.15) is 13.2 Å². The zero-order valence-electron chi connectivity index (χ0n) is 18.2. The van der Waals surface area contributed by atoms with E-state index < -0.39 is 17.8 Å². The number of thiophene rings is 1. The summed E-state index contributed by atoms with van der Waals surface area (Å²) >= 11 is 2.19. The van der Waals surface area contributed by atoms with Gasteiger partial charge in [0.15, 0.2) is 5.16 Å². The number of benzene rings is 1. The van der Waals surface area contributed by atoms with Gasteiger partial charge >= 0.3 is 6.18 Å². The Bertz CT molecular complexity index is 1210. The van der Waals surface area contributed by atoms with E-state index in [1.54, 1.807) is 12.1 Å². The first-order valence-electron chi connectivity index (χ1n) is 10.6. The van der Waals surface area contributed by atoms with Crippen molar-refractivity contribution in [3.8, 4) is 0 Å². The van der Waals surface area contributed by atoms with E-state index in [1.807, 2.05) is 18.2 Å². The number of para-hydroxylation sites is 1. The highest BCUT2D eigenvalue weighted by atomic mass is 32.2. The van der Waals surface area contributed by atoms with Crippen LogP contribution in [-0.2, 0) is 23.8 Å². The minimum Gasteiger partial charge on any atom is -0.322 e. The minimum atomic E-state index is -4.59. The average molecular weight is 507 g/mol. The summed E-state index contributed by atoms with van der Waals surface area (Å²) in [6.45, 7) is 1.44. The van der Waals surface area contributed by atoms with Gasteiger partial charge in [0.2, 0.25) is 5.91 Å². The largest absolute Gasteiger partial charge is 0.433 e. The van der Waals surface area contributed by atoms with E-state index in [9.17, 15) is 22.8 Å². The second-order valence-electron chi connectivity index (χ2n) is 7.75. The molecule has 34 heavy (non-hydrogen) atoms. The van der Waals surface area contributed by atoms with Crippen molar-refractivity contribution in [3.63, 3.8) is 0 Å². The molecule has 11 heteroatoms. The molecule has 0 saturated heterocycles. The van der Waals surface area contributed by atoms with Crippen molar-refractivity contribution in [3.05, 3.63) is 63.8 Å². The number of alkyl halides is 3. The van der Waals surface area contributed by atoms with Crippen LogP contribution >= 0.6 is 23.1 Å². The molecule has 0 unspecified atom stereocenters. The molecule has 6 nitrogen and oxygen atoms in total. The number of fused-ring (bicyclic) bond motifs is 1. The van der Waals surface area contributed by atoms with E-state index in [4.69, 9.17) is 0 Å². The van der Waals surface area contributed by atoms with Crippen molar-refractivity contribution < 1.29 is 22.8 Å². The number of rotatable bonds is 6. The number of amides is 2. The fraction of sp³-hybridized carbons (Fsp3) is 0.304. The van der Waals surface area contributed by atoms with Crippen molar-refractivity contribution in [1.82, 2.24) is 9.97 Å². The number of thioether (sulfide) groups is 1. The van der Waals surface area contributed by atoms with E-state index in [-0.39, 0.29) is 22.5 Å². The summed E-state index contributed by atoms with van der Waals surface area (Å²) in [5.41, 5.74) is 1.16. The Morgan fingerprint density at radius 1 is 1.09 bits per heavy atom. The van der Waals surface area contributed by atoms with Gasteiger partial charge in [-0.1, -0.05) is 30.0 Å². The Morgan fingerprint density at radius 2 is 1.82 bits per heavy atom. The van der Waals surface area contributed by atoms with Crippen LogP contribution in [0.5, 0.6) is 0 Å². The van der Waals surface area contributed by atoms with E-state index in [0.717, 1.165) is 54.0 Å². The summed E-state index contributed by atoms with van der Waals surface area (Å²) < 4.78 is 39.0. The van der Waals surface area contributed by atoms with Gasteiger partial charge in [0, 0.05) is 16.3 Å². The van der Waals surface area contributed by atoms with Crippen LogP contribution in [0, 0.1) is 6.92 Å². The third-order valence-corrected chi connectivity index (χ3v) is 7.19. The number of carbonyl (C=O) groups is 2. The SMILES string of the molecule is Cc1cc(C(F)(F)F)nc(SCC(=O)Nc2sc3c(c2C(=O)Nc2ccccc2)CCCC3)n1. The lowest BCUT2D eigenvalue weighted by Gasteiger charge is -2.13. The fourth-order valence-corrected chi connectivity index (χ4v) is 5.66. The molecule has 4 rings (SSSR count). The number of halogens is 3. The van der Waals surface area contributed by atoms with Crippen LogP contribution in [0.3, 0.4) is 0 Å². The second-order valence-corrected chi connectivity index (χ2v) is 9.79. The van der Waals surface area contributed by atoms with Gasteiger partial charge in [-0.15, -0.1) is 11.3 Å². The first kappa shape index (κ1) is 24.2. The quantitative estimate of drug-likeness (QED) is 0.330. The number of hydrogen-bond acceptors (Lipinski definition) is 6. The normalized spacial score (nSPS) is 13.3. The third-order valence-electron chi connectivity index (χ3n) is 5.14. The van der Waals surface area contributed by atoms with E-state index in [0.29, 0.717) is 16.3 Å². The Kier molecular flexibility index (Phi) is 7.22. The summed E-state index contributed by atoms with van der Waals surface area (Å²) in [6, 6.07) is 9.90. The molecule has 0 fully saturated rings. The van der Waals surface area contributed by atoms with Gasteiger partial charge in [-0.05, 0) is 56.4 Å². The van der Waals surface area contributed by atoms with E-state index in [2.05, 4.69) is 20.6 Å². The fourth-order valence-electron chi connectivity index (χ4n) is 3.65. The number of anilines is 2. The number of hydrogen-bond donors (Lipinski definition) is 2. The van der Waals surface area contributed by atoms with Gasteiger partial charge < -0.3 is 10.6 Å². The molecule has 178 valence electrons. The molecule has 1 aromatic carbocycles. The molecule has 2 N–H and O–H groups in total. The van der Waals surface area contributed by atoms with Crippen molar-refractivity contribution in [2.24, 2.45) is 0 Å². The first-order chi connectivity index (χ1) is 16.2. The smallest absolute Gasteiger partial charge is 0.322 e. The number of nitrogens with zero attached hydrogens (tertiary/aromatic N) is 2. The predicted octanol–water partition coefficient (Wildman–Crippen LogP) is 5.73. The average Bonchev–Trinajstić information content (AvgIpc) is 3.15. The Balaban J connectivity index is 1.50. The zero-order chi connectivity index (χ0) is 24.3. The van der Waals surface area contributed by atoms with Gasteiger partial charge in [0.05, 0.1) is 11.3 Å². The van der Waals surface area contributed by atoms with E-state index in [1.165, 1.54) is 18.3 Å². The molecular weight excluding hydrogens is 485 g/mol. The zero-order valence-corrected chi connectivity index (χ0v) is 19.8. The van der Waals surface area contributed by atoms with Crippen molar-refractivity contribution in [2.75, 3.05) is 16.4 Å². The molecule has 1 aliphatic carbocycles. The van der Waals surface area contributed by atoms with Gasteiger partial charge in [0.1, 0.15) is 10.7 Å². The molecular formula is C23H21F3N4O2S2. The Morgan fingerprint density at radius 3 is 2.56 bits per heavy atom. The molecule has 1 aliphatic rings. The molecule has 0 aliphatic heterocycles. The molecule has 3 aromatic rings. The Hall–Kier alpha value is -2.92. The van der Waals surface area contributed by atoms with Crippen molar-refractivity contribution in [2.45, 2.75) is 43.9 Å². The molecule has 2 amide bonds. The summed E-state index contributed by atoms with van der Waals surface area (Å²) in [4.78, 5) is 34.3. The molecule has 2 heterocycles. The van der Waals surface area contributed by atoms with Crippen molar-refractivity contribution >= 4 is 45.6 Å². The standard InChI is InChI=1S/C23H21F3N4O2S2/c1-13-11-17(23(24,25)26)29-22(27-13)33-12-18(31)30-21-19(15-9-5-6-10-16(15)34-21)20(32)28-14-7-3-2-4-8-14/h2-4,7-8,11H,5-6,9-10,12H2,1H3,(H,28,32)(H,30,31). The summed E-state index contributed by atoms with van der Waals surface area (Å²) in [7, 11) is 0. The Labute approximate surface area is 202 Å². The molecule has 0 spiro atoms. The highest BCUT2D eigenvalue weighted by Crippen LogP contribution is 2.39. The lowest BCUT2D eigenvalue weighted by molar-refractivity contribution is -0.141. The molecule has 0 radical (unpaired) electrons. The number of nitrogens with one attached hydrogen (secondary N) is 2. The third kappa shape index (κ3) is 5.76. The first-order valence-corrected chi connectivity index (χ1v) is 12.4. The number of carbonyl (C=O) groups excluding carboxylic acids is 2. The second kappa shape index (κ2) is 10.1. The predicted molar refractivity (Wildman–Crippen MR) is 126 cm³/mol. The number of aryl methyl sites for hydroxylation is 2. The molecule has 0 saturated carbocycles. The van der Waals surface area contributed by atoms with Gasteiger partial charge in [-0.3, -0.25) is 9.59 Å². The van der Waals surface area contributed by atoms with Gasteiger partial charge in [-0.25, -0.2) is 9.97 Å². The van der Waals surface area contributed by atoms with Crippen molar-refractivity contribution in [1.29, 1.82) is 0 Å². The van der Waals surface area contributed by atoms with Crippen LogP contribution in [-0.4, -0.2) is 27.5 Å². The van der Waals surface area contributed by atoms with Crippen LogP contribution < -0.4 is 10.6 Å². The highest BCUT2D eigenvalue weighted by Gasteiger charge is 2.33. The maximum Gasteiger partial charge on any atom is 0.433 e. The van der Waals surface area contributed by atoms with Crippen LogP contribution in [0.1, 0.15) is 45.0 Å². The van der Waals surface area contributed by atoms with Crippen LogP contribution in [0.2, 0.25) is 0 Å². The summed E-state index contributed by atoms with van der Waals surface area (Å²) in [6.07, 6.45) is -1.02. The maximum absolute atomic E-state index is 13.1. The van der Waals surface area contributed by atoms with Crippen LogP contribution in [0.15, 0.2) is 41.6 Å². The summed E-state index contributed by atoms with van der Waals surface area (Å²) in [5.74, 6) is -0.940. The summed E-state index contributed by atoms with van der Waals surface area (Å²) in [5, 5.41) is 5.98. The lowest BCUT2D eigenvalue weighted by atomic mass is 9.95. The number of aromatic nitrogens is 2. The maximum atomic E-state index is 13.1. The monoisotopic (exact) mass is 506 g/mol.